The van der Waals surface area contributed by atoms with E-state index in [9.17, 15) is 4.79 Å². The molecule has 0 fully saturated rings. The van der Waals surface area contributed by atoms with Gasteiger partial charge in [0.15, 0.2) is 0 Å². The van der Waals surface area contributed by atoms with E-state index in [-0.39, 0.29) is 5.41 Å². The van der Waals surface area contributed by atoms with Crippen LogP contribution in [0.4, 0.5) is 0 Å². The van der Waals surface area contributed by atoms with Crippen molar-refractivity contribution in [2.24, 2.45) is 5.92 Å². The second kappa shape index (κ2) is 8.36. The summed E-state index contributed by atoms with van der Waals surface area (Å²) in [7, 11) is 0. The van der Waals surface area contributed by atoms with Crippen LogP contribution in [0.1, 0.15) is 71.9 Å². The molecule has 0 aliphatic heterocycles. The highest BCUT2D eigenvalue weighted by molar-refractivity contribution is 5.78. The molecule has 0 bridgehead atoms. The summed E-state index contributed by atoms with van der Waals surface area (Å²) in [5, 5.41) is 0. The number of Topliss-reactive ketones (excluding diaryl/α,β-unsaturated/α-hetero) is 1. The summed E-state index contributed by atoms with van der Waals surface area (Å²) in [6.07, 6.45) is 3.20. The second-order valence-corrected chi connectivity index (χ2v) is 7.31. The van der Waals surface area contributed by atoms with Crippen molar-refractivity contribution in [2.45, 2.75) is 72.6 Å². The molecule has 0 aliphatic rings. The molecule has 2 heteroatoms. The second-order valence-electron chi connectivity index (χ2n) is 7.31. The summed E-state index contributed by atoms with van der Waals surface area (Å²) in [5.74, 6) is 1.69. The average molecular weight is 304 g/mol. The number of hydrogen-bond donors (Lipinski definition) is 0. The summed E-state index contributed by atoms with van der Waals surface area (Å²) in [4.78, 5) is 11.8. The van der Waals surface area contributed by atoms with E-state index in [0.29, 0.717) is 31.1 Å². The van der Waals surface area contributed by atoms with Gasteiger partial charge in [-0.1, -0.05) is 46.8 Å². The van der Waals surface area contributed by atoms with E-state index >= 15 is 0 Å². The predicted molar refractivity (Wildman–Crippen MR) is 93.7 cm³/mol. The van der Waals surface area contributed by atoms with Crippen LogP contribution in [0.25, 0.3) is 0 Å². The van der Waals surface area contributed by atoms with E-state index in [1.165, 1.54) is 11.1 Å². The van der Waals surface area contributed by atoms with Gasteiger partial charge in [0.25, 0.3) is 0 Å². The summed E-state index contributed by atoms with van der Waals surface area (Å²) in [5.41, 5.74) is 2.67. The fourth-order valence-electron chi connectivity index (χ4n) is 2.72. The summed E-state index contributed by atoms with van der Waals surface area (Å²) < 4.78 is 5.77. The third-order valence-electron chi connectivity index (χ3n) is 3.90. The Morgan fingerprint density at radius 3 is 2.45 bits per heavy atom. The highest BCUT2D eigenvalue weighted by Crippen LogP contribution is 2.30. The number of hydrogen-bond acceptors (Lipinski definition) is 2. The zero-order valence-electron chi connectivity index (χ0n) is 15.2. The van der Waals surface area contributed by atoms with Gasteiger partial charge in [0.2, 0.25) is 0 Å². The van der Waals surface area contributed by atoms with Gasteiger partial charge in [0.05, 0.1) is 6.61 Å². The minimum absolute atomic E-state index is 0.126. The Bertz CT molecular complexity index is 483. The molecule has 1 unspecified atom stereocenters. The molecule has 0 heterocycles. The Labute approximate surface area is 136 Å². The van der Waals surface area contributed by atoms with Gasteiger partial charge in [-0.3, -0.25) is 4.79 Å². The lowest BCUT2D eigenvalue weighted by molar-refractivity contribution is -0.119. The van der Waals surface area contributed by atoms with E-state index in [1.807, 2.05) is 6.92 Å². The topological polar surface area (TPSA) is 26.3 Å². The number of rotatable bonds is 8. The molecule has 1 rings (SSSR count). The molecule has 0 aromatic heterocycles. The van der Waals surface area contributed by atoms with Crippen LogP contribution in [0.5, 0.6) is 5.75 Å². The highest BCUT2D eigenvalue weighted by Gasteiger charge is 2.18. The van der Waals surface area contributed by atoms with E-state index < -0.39 is 0 Å². The molecule has 2 nitrogen and oxygen atoms in total. The van der Waals surface area contributed by atoms with Crippen molar-refractivity contribution < 1.29 is 9.53 Å². The van der Waals surface area contributed by atoms with Crippen molar-refractivity contribution in [1.82, 2.24) is 0 Å². The fraction of sp³-hybridized carbons (Fsp3) is 0.650. The van der Waals surface area contributed by atoms with Gasteiger partial charge in [-0.05, 0) is 48.3 Å². The molecule has 0 N–H and O–H groups in total. The third kappa shape index (κ3) is 5.82. The van der Waals surface area contributed by atoms with Crippen LogP contribution in [0.3, 0.4) is 0 Å². The van der Waals surface area contributed by atoms with Crippen molar-refractivity contribution in [3.05, 3.63) is 29.3 Å². The molecule has 0 saturated heterocycles. The predicted octanol–water partition coefficient (Wildman–Crippen LogP) is 5.32. The lowest BCUT2D eigenvalue weighted by Gasteiger charge is -2.22. The SMILES string of the molecule is CCCC(=O)CC(C)Cc1cc(C(C)(C)C)ccc1OCC. The first-order valence-corrected chi connectivity index (χ1v) is 8.55. The third-order valence-corrected chi connectivity index (χ3v) is 3.90. The lowest BCUT2D eigenvalue weighted by Crippen LogP contribution is -2.13. The minimum atomic E-state index is 0.126. The number of carbonyl (C=O) groups excluding carboxylic acids is 1. The van der Waals surface area contributed by atoms with Crippen LogP contribution in [-0.4, -0.2) is 12.4 Å². The Morgan fingerprint density at radius 2 is 1.91 bits per heavy atom. The lowest BCUT2D eigenvalue weighted by atomic mass is 9.84. The molecule has 22 heavy (non-hydrogen) atoms. The van der Waals surface area contributed by atoms with Crippen LogP contribution in [0.15, 0.2) is 18.2 Å². The smallest absolute Gasteiger partial charge is 0.133 e. The van der Waals surface area contributed by atoms with Crippen molar-refractivity contribution in [1.29, 1.82) is 0 Å². The van der Waals surface area contributed by atoms with E-state index in [4.69, 9.17) is 4.74 Å². The van der Waals surface area contributed by atoms with E-state index in [1.54, 1.807) is 0 Å². The van der Waals surface area contributed by atoms with Gasteiger partial charge in [0.1, 0.15) is 11.5 Å². The van der Waals surface area contributed by atoms with E-state index in [0.717, 1.165) is 18.6 Å². The van der Waals surface area contributed by atoms with Crippen LogP contribution in [-0.2, 0) is 16.6 Å². The van der Waals surface area contributed by atoms with Crippen molar-refractivity contribution >= 4 is 5.78 Å². The van der Waals surface area contributed by atoms with Crippen molar-refractivity contribution in [2.75, 3.05) is 6.61 Å². The molecule has 0 spiro atoms. The van der Waals surface area contributed by atoms with Crippen molar-refractivity contribution in [3.8, 4) is 5.75 Å². The number of ketones is 1. The number of benzene rings is 1. The zero-order valence-corrected chi connectivity index (χ0v) is 15.2. The first kappa shape index (κ1) is 18.7. The molecule has 0 aliphatic carbocycles. The number of ether oxygens (including phenoxy) is 1. The maximum Gasteiger partial charge on any atom is 0.133 e. The monoisotopic (exact) mass is 304 g/mol. The molecular weight excluding hydrogens is 272 g/mol. The molecule has 1 aromatic rings. The molecule has 1 atom stereocenters. The van der Waals surface area contributed by atoms with Gasteiger partial charge in [0, 0.05) is 12.8 Å². The molecule has 0 amide bonds. The standard InChI is InChI=1S/C20H32O2/c1-7-9-18(21)13-15(3)12-16-14-17(20(4,5)6)10-11-19(16)22-8-2/h10-11,14-15H,7-9,12-13H2,1-6H3. The largest absolute Gasteiger partial charge is 0.494 e. The van der Waals surface area contributed by atoms with Crippen LogP contribution < -0.4 is 4.74 Å². The highest BCUT2D eigenvalue weighted by atomic mass is 16.5. The van der Waals surface area contributed by atoms with Gasteiger partial charge < -0.3 is 4.74 Å². The van der Waals surface area contributed by atoms with Gasteiger partial charge >= 0.3 is 0 Å². The van der Waals surface area contributed by atoms with E-state index in [2.05, 4.69) is 52.8 Å². The summed E-state index contributed by atoms with van der Waals surface area (Å²) in [6, 6.07) is 6.49. The number of carbonyl (C=O) groups is 1. The maximum absolute atomic E-state index is 11.8. The summed E-state index contributed by atoms with van der Waals surface area (Å²) in [6.45, 7) is 13.6. The molecule has 0 radical (unpaired) electrons. The quantitative estimate of drug-likeness (QED) is 0.649. The normalized spacial score (nSPS) is 13.0. The Kier molecular flexibility index (Phi) is 7.12. The molecule has 0 saturated carbocycles. The van der Waals surface area contributed by atoms with Crippen LogP contribution in [0, 0.1) is 5.92 Å². The van der Waals surface area contributed by atoms with Crippen molar-refractivity contribution in [3.63, 3.8) is 0 Å². The van der Waals surface area contributed by atoms with Crippen LogP contribution in [0.2, 0.25) is 0 Å². The van der Waals surface area contributed by atoms with Crippen LogP contribution >= 0.6 is 0 Å². The molecule has 124 valence electrons. The van der Waals surface area contributed by atoms with Gasteiger partial charge in [-0.2, -0.15) is 0 Å². The Balaban J connectivity index is 2.91. The minimum Gasteiger partial charge on any atom is -0.494 e. The molecule has 1 aromatic carbocycles. The van der Waals surface area contributed by atoms with Gasteiger partial charge in [-0.15, -0.1) is 0 Å². The van der Waals surface area contributed by atoms with Gasteiger partial charge in [-0.25, -0.2) is 0 Å². The Morgan fingerprint density at radius 1 is 1.23 bits per heavy atom. The zero-order chi connectivity index (χ0) is 16.8. The molecular formula is C20H32O2. The first-order chi connectivity index (χ1) is 10.3. The Hall–Kier alpha value is -1.31. The average Bonchev–Trinajstić information content (AvgIpc) is 2.39. The first-order valence-electron chi connectivity index (χ1n) is 8.55. The summed E-state index contributed by atoms with van der Waals surface area (Å²) >= 11 is 0. The fourth-order valence-corrected chi connectivity index (χ4v) is 2.72. The maximum atomic E-state index is 11.8.